The Morgan fingerprint density at radius 1 is 1.30 bits per heavy atom. The van der Waals surface area contributed by atoms with Gasteiger partial charge in [-0.25, -0.2) is 8.42 Å². The Balaban J connectivity index is 3.11. The van der Waals surface area contributed by atoms with Crippen LogP contribution in [0.5, 0.6) is 0 Å². The third kappa shape index (κ3) is 3.78. The van der Waals surface area contributed by atoms with Crippen LogP contribution in [0.3, 0.4) is 0 Å². The van der Waals surface area contributed by atoms with Crippen molar-refractivity contribution in [1.82, 2.24) is 9.62 Å². The van der Waals surface area contributed by atoms with E-state index in [9.17, 15) is 18.0 Å². The zero-order chi connectivity index (χ0) is 15.5. The number of carboxylic acid groups (broad SMARTS) is 1. The molecule has 1 atom stereocenters. The molecule has 0 aromatic heterocycles. The summed E-state index contributed by atoms with van der Waals surface area (Å²) in [7, 11) is -0.888. The first-order valence-electron chi connectivity index (χ1n) is 5.72. The number of sulfonamides is 1. The van der Waals surface area contributed by atoms with Crippen molar-refractivity contribution in [2.75, 3.05) is 14.1 Å². The van der Waals surface area contributed by atoms with Gasteiger partial charge >= 0.3 is 5.97 Å². The Kier molecular flexibility index (Phi) is 4.85. The minimum absolute atomic E-state index is 0.154. The quantitative estimate of drug-likeness (QED) is 0.805. The van der Waals surface area contributed by atoms with E-state index in [1.165, 1.54) is 36.1 Å². The van der Waals surface area contributed by atoms with Crippen LogP contribution in [0, 0.1) is 0 Å². The van der Waals surface area contributed by atoms with Crippen molar-refractivity contribution in [3.8, 4) is 0 Å². The first-order chi connectivity index (χ1) is 9.15. The molecule has 0 aliphatic heterocycles. The summed E-state index contributed by atoms with van der Waals surface area (Å²) in [5.41, 5.74) is 0.209. The van der Waals surface area contributed by atoms with Gasteiger partial charge in [0.2, 0.25) is 10.0 Å². The summed E-state index contributed by atoms with van der Waals surface area (Å²) in [6, 6.07) is 4.16. The van der Waals surface area contributed by atoms with E-state index in [0.29, 0.717) is 0 Å². The summed E-state index contributed by atoms with van der Waals surface area (Å²) >= 11 is 0. The molecular weight excluding hydrogens is 284 g/mol. The molecule has 0 fully saturated rings. The van der Waals surface area contributed by atoms with Gasteiger partial charge in [-0.3, -0.25) is 9.59 Å². The summed E-state index contributed by atoms with van der Waals surface area (Å²) in [6.45, 7) is 1.22. The monoisotopic (exact) mass is 300 g/mol. The van der Waals surface area contributed by atoms with Gasteiger partial charge in [0.25, 0.3) is 5.91 Å². The maximum Gasteiger partial charge on any atom is 0.321 e. The molecule has 0 heterocycles. The van der Waals surface area contributed by atoms with Crippen molar-refractivity contribution < 1.29 is 23.1 Å². The largest absolute Gasteiger partial charge is 0.480 e. The van der Waals surface area contributed by atoms with Crippen LogP contribution in [0.2, 0.25) is 0 Å². The fourth-order valence-electron chi connectivity index (χ4n) is 1.41. The normalized spacial score (nSPS) is 12.8. The highest BCUT2D eigenvalue weighted by molar-refractivity contribution is 7.89. The molecule has 2 N–H and O–H groups in total. The number of carboxylic acids is 1. The predicted octanol–water partition coefficient (Wildman–Crippen LogP) is 0.140. The Morgan fingerprint density at radius 2 is 1.90 bits per heavy atom. The van der Waals surface area contributed by atoms with E-state index in [1.54, 1.807) is 14.1 Å². The minimum Gasteiger partial charge on any atom is -0.480 e. The molecule has 1 aromatic carbocycles. The van der Waals surface area contributed by atoms with Crippen molar-refractivity contribution in [3.63, 3.8) is 0 Å². The molecule has 0 aliphatic rings. The van der Waals surface area contributed by atoms with E-state index >= 15 is 0 Å². The van der Waals surface area contributed by atoms with Gasteiger partial charge in [0.15, 0.2) is 0 Å². The van der Waals surface area contributed by atoms with Gasteiger partial charge in [0.1, 0.15) is 6.04 Å². The highest BCUT2D eigenvalue weighted by Gasteiger charge is 2.22. The number of hydrogen-bond donors (Lipinski definition) is 2. The number of nitrogens with zero attached hydrogens (tertiary/aromatic N) is 1. The summed E-state index contributed by atoms with van der Waals surface area (Å²) in [5.74, 6) is -1.62. The number of carbonyl (C=O) groups excluding carboxylic acids is 1. The molecular formula is C12H16N2O5S. The van der Waals surface area contributed by atoms with E-state index in [2.05, 4.69) is 0 Å². The summed E-state index contributed by atoms with van der Waals surface area (Å²) in [5, 5.41) is 8.72. The SMILES string of the molecule is C[C@H](NS(=O)(=O)c1cccc(C(=O)N(C)C)c1)C(=O)O. The molecule has 0 radical (unpaired) electrons. The first-order valence-corrected chi connectivity index (χ1v) is 7.20. The summed E-state index contributed by atoms with van der Waals surface area (Å²) in [6.07, 6.45) is 0. The molecule has 0 unspecified atom stereocenters. The van der Waals surface area contributed by atoms with Crippen LogP contribution >= 0.6 is 0 Å². The topological polar surface area (TPSA) is 104 Å². The molecule has 20 heavy (non-hydrogen) atoms. The number of amides is 1. The Bertz CT molecular complexity index is 624. The van der Waals surface area contributed by atoms with E-state index in [1.807, 2.05) is 4.72 Å². The maximum atomic E-state index is 12.0. The van der Waals surface area contributed by atoms with Crippen molar-refractivity contribution in [3.05, 3.63) is 29.8 Å². The van der Waals surface area contributed by atoms with Crippen LogP contribution in [0.4, 0.5) is 0 Å². The average molecular weight is 300 g/mol. The standard InChI is InChI=1S/C12H16N2O5S/c1-8(12(16)17)13-20(18,19)10-6-4-5-9(7-10)11(15)14(2)3/h4-8,13H,1-3H3,(H,16,17)/t8-/m0/s1. The molecule has 0 saturated heterocycles. The van der Waals surface area contributed by atoms with Gasteiger partial charge in [0.05, 0.1) is 4.90 Å². The average Bonchev–Trinajstić information content (AvgIpc) is 2.37. The first kappa shape index (κ1) is 16.1. The highest BCUT2D eigenvalue weighted by Crippen LogP contribution is 2.13. The molecule has 0 saturated carbocycles. The Morgan fingerprint density at radius 3 is 2.40 bits per heavy atom. The summed E-state index contributed by atoms with van der Waals surface area (Å²) in [4.78, 5) is 23.6. The third-order valence-corrected chi connectivity index (χ3v) is 4.04. The molecule has 1 amide bonds. The van der Waals surface area contributed by atoms with Gasteiger partial charge in [-0.1, -0.05) is 6.07 Å². The lowest BCUT2D eigenvalue weighted by Crippen LogP contribution is -2.38. The van der Waals surface area contributed by atoms with Gasteiger partial charge in [-0.05, 0) is 25.1 Å². The number of aliphatic carboxylic acids is 1. The second-order valence-corrected chi connectivity index (χ2v) is 6.12. The Hall–Kier alpha value is -1.93. The lowest BCUT2D eigenvalue weighted by Gasteiger charge is -2.13. The minimum atomic E-state index is -3.99. The van der Waals surface area contributed by atoms with Gasteiger partial charge < -0.3 is 10.0 Å². The van der Waals surface area contributed by atoms with Crippen LogP contribution in [0.25, 0.3) is 0 Å². The van der Waals surface area contributed by atoms with Crippen molar-refractivity contribution in [2.45, 2.75) is 17.9 Å². The molecule has 1 aromatic rings. The lowest BCUT2D eigenvalue weighted by atomic mass is 10.2. The molecule has 8 heteroatoms. The third-order valence-electron chi connectivity index (χ3n) is 2.50. The lowest BCUT2D eigenvalue weighted by molar-refractivity contribution is -0.138. The smallest absolute Gasteiger partial charge is 0.321 e. The number of hydrogen-bond acceptors (Lipinski definition) is 4. The number of benzene rings is 1. The van der Waals surface area contributed by atoms with Crippen LogP contribution in [-0.2, 0) is 14.8 Å². The van der Waals surface area contributed by atoms with E-state index in [-0.39, 0.29) is 16.4 Å². The maximum absolute atomic E-state index is 12.0. The fourth-order valence-corrected chi connectivity index (χ4v) is 2.65. The van der Waals surface area contributed by atoms with Gasteiger partial charge in [0, 0.05) is 19.7 Å². The molecule has 110 valence electrons. The van der Waals surface area contributed by atoms with Crippen molar-refractivity contribution in [1.29, 1.82) is 0 Å². The molecule has 1 rings (SSSR count). The highest BCUT2D eigenvalue weighted by atomic mass is 32.2. The second-order valence-electron chi connectivity index (χ2n) is 4.41. The second kappa shape index (κ2) is 6.02. The molecule has 0 bridgehead atoms. The molecule has 0 spiro atoms. The zero-order valence-corrected chi connectivity index (χ0v) is 12.1. The van der Waals surface area contributed by atoms with Crippen LogP contribution in [-0.4, -0.2) is 50.4 Å². The van der Waals surface area contributed by atoms with Crippen molar-refractivity contribution in [2.24, 2.45) is 0 Å². The number of rotatable bonds is 5. The molecule has 7 nitrogen and oxygen atoms in total. The number of nitrogens with one attached hydrogen (secondary N) is 1. The zero-order valence-electron chi connectivity index (χ0n) is 11.3. The fraction of sp³-hybridized carbons (Fsp3) is 0.333. The van der Waals surface area contributed by atoms with E-state index in [0.717, 1.165) is 0 Å². The Labute approximate surface area is 117 Å². The van der Waals surface area contributed by atoms with E-state index < -0.39 is 22.0 Å². The van der Waals surface area contributed by atoms with Crippen LogP contribution in [0.15, 0.2) is 29.2 Å². The van der Waals surface area contributed by atoms with Crippen LogP contribution < -0.4 is 4.72 Å². The summed E-state index contributed by atoms with van der Waals surface area (Å²) < 4.78 is 26.0. The molecule has 0 aliphatic carbocycles. The van der Waals surface area contributed by atoms with Crippen LogP contribution in [0.1, 0.15) is 17.3 Å². The van der Waals surface area contributed by atoms with Gasteiger partial charge in [-0.2, -0.15) is 4.72 Å². The van der Waals surface area contributed by atoms with E-state index in [4.69, 9.17) is 5.11 Å². The predicted molar refractivity (Wildman–Crippen MR) is 71.9 cm³/mol. The van der Waals surface area contributed by atoms with Gasteiger partial charge in [-0.15, -0.1) is 0 Å². The van der Waals surface area contributed by atoms with Crippen molar-refractivity contribution >= 4 is 21.9 Å². The number of carbonyl (C=O) groups is 2.